The van der Waals surface area contributed by atoms with Gasteiger partial charge >= 0.3 is 0 Å². The van der Waals surface area contributed by atoms with Gasteiger partial charge in [-0.15, -0.1) is 0 Å². The predicted molar refractivity (Wildman–Crippen MR) is 73.1 cm³/mol. The topological polar surface area (TPSA) is 12.0 Å². The van der Waals surface area contributed by atoms with Crippen molar-refractivity contribution in [1.29, 1.82) is 0 Å². The van der Waals surface area contributed by atoms with Crippen LogP contribution in [0, 0.1) is 0 Å². The molecule has 0 amide bonds. The van der Waals surface area contributed by atoms with Crippen molar-refractivity contribution in [3.63, 3.8) is 0 Å². The molecule has 2 rings (SSSR count). The summed E-state index contributed by atoms with van der Waals surface area (Å²) in [6, 6.07) is 11.1. The van der Waals surface area contributed by atoms with E-state index in [9.17, 15) is 0 Å². The van der Waals surface area contributed by atoms with E-state index in [-0.39, 0.29) is 8.07 Å². The quantitative estimate of drug-likeness (QED) is 0.592. The van der Waals surface area contributed by atoms with E-state index in [4.69, 9.17) is 0 Å². The first-order valence-electron chi connectivity index (χ1n) is 6.47. The lowest BCUT2D eigenvalue weighted by molar-refractivity contribution is 0.764. The van der Waals surface area contributed by atoms with Gasteiger partial charge in [-0.3, -0.25) is 5.09 Å². The normalized spacial score (nSPS) is 24.8. The Hall–Kier alpha value is -0.390. The molecule has 1 aliphatic rings. The van der Waals surface area contributed by atoms with Gasteiger partial charge in [-0.05, 0) is 45.6 Å². The summed E-state index contributed by atoms with van der Waals surface area (Å²) in [6.45, 7) is 3.48. The number of unbranched alkanes of at least 4 members (excludes halogenated alkanes) is 1. The largest absolute Gasteiger partial charge is 0.295 e. The van der Waals surface area contributed by atoms with Crippen molar-refractivity contribution in [3.05, 3.63) is 35.9 Å². The third-order valence-electron chi connectivity index (χ3n) is 3.28. The minimum Gasteiger partial charge on any atom is -0.295 e. The molecule has 2 unspecified atom stereocenters. The van der Waals surface area contributed by atoms with Crippen molar-refractivity contribution in [1.82, 2.24) is 5.09 Å². The van der Waals surface area contributed by atoms with Crippen molar-refractivity contribution < 1.29 is 0 Å². The Bertz CT molecular complexity index is 299. The van der Waals surface area contributed by atoms with Crippen LogP contribution in [0.1, 0.15) is 43.8 Å². The van der Waals surface area contributed by atoms with Crippen LogP contribution in [0.3, 0.4) is 0 Å². The average molecular weight is 235 g/mol. The number of rotatable bonds is 5. The summed E-state index contributed by atoms with van der Waals surface area (Å²) in [7, 11) is 0.0536. The van der Waals surface area contributed by atoms with Crippen molar-refractivity contribution in [2.24, 2.45) is 0 Å². The van der Waals surface area contributed by atoms with Gasteiger partial charge in [0.1, 0.15) is 0 Å². The molecule has 2 heteroatoms. The molecule has 1 fully saturated rings. The molecule has 0 spiro atoms. The molecule has 0 aliphatic carbocycles. The fourth-order valence-corrected chi connectivity index (χ4v) is 5.06. The minimum atomic E-state index is 0.0536. The standard InChI is InChI=1S/C14H22NP/c1-2-3-11-15-16-12-7-10-14(16)13-8-5-4-6-9-13/h4-6,8-9,14-15H,2-3,7,10-12H2,1H3. The van der Waals surface area contributed by atoms with Gasteiger partial charge in [0, 0.05) is 5.66 Å². The Morgan fingerprint density at radius 1 is 1.31 bits per heavy atom. The smallest absolute Gasteiger partial charge is 0.0172 e. The van der Waals surface area contributed by atoms with Gasteiger partial charge in [0.15, 0.2) is 0 Å². The molecule has 1 aliphatic heterocycles. The van der Waals surface area contributed by atoms with Crippen molar-refractivity contribution in [2.75, 3.05) is 12.7 Å². The molecule has 0 aromatic heterocycles. The maximum absolute atomic E-state index is 3.80. The highest BCUT2D eigenvalue weighted by atomic mass is 31.1. The Labute approximate surface area is 100 Å². The van der Waals surface area contributed by atoms with Gasteiger partial charge in [-0.1, -0.05) is 43.7 Å². The van der Waals surface area contributed by atoms with Gasteiger partial charge in [-0.25, -0.2) is 0 Å². The first-order valence-corrected chi connectivity index (χ1v) is 8.06. The summed E-state index contributed by atoms with van der Waals surface area (Å²) in [6.07, 6.45) is 6.82. The highest BCUT2D eigenvalue weighted by Gasteiger charge is 2.27. The van der Waals surface area contributed by atoms with Crippen LogP contribution in [0.2, 0.25) is 0 Å². The van der Waals surface area contributed by atoms with Crippen LogP contribution in [0.15, 0.2) is 30.3 Å². The summed E-state index contributed by atoms with van der Waals surface area (Å²) in [5.41, 5.74) is 2.36. The van der Waals surface area contributed by atoms with Crippen LogP contribution in [-0.2, 0) is 0 Å². The number of nitrogens with one attached hydrogen (secondary N) is 1. The highest BCUT2D eigenvalue weighted by molar-refractivity contribution is 7.56. The maximum atomic E-state index is 3.80. The Morgan fingerprint density at radius 3 is 2.88 bits per heavy atom. The minimum absolute atomic E-state index is 0.0536. The molecular weight excluding hydrogens is 213 g/mol. The fraction of sp³-hybridized carbons (Fsp3) is 0.571. The zero-order valence-corrected chi connectivity index (χ0v) is 11.0. The van der Waals surface area contributed by atoms with Crippen LogP contribution in [-0.4, -0.2) is 12.7 Å². The number of hydrogen-bond donors (Lipinski definition) is 1. The van der Waals surface area contributed by atoms with E-state index in [0.29, 0.717) is 0 Å². The van der Waals surface area contributed by atoms with E-state index >= 15 is 0 Å². The van der Waals surface area contributed by atoms with Crippen molar-refractivity contribution >= 4 is 8.07 Å². The molecule has 88 valence electrons. The molecule has 1 aromatic rings. The van der Waals surface area contributed by atoms with E-state index in [0.717, 1.165) is 5.66 Å². The van der Waals surface area contributed by atoms with Gasteiger partial charge in [0.2, 0.25) is 0 Å². The monoisotopic (exact) mass is 235 g/mol. The molecule has 0 bridgehead atoms. The van der Waals surface area contributed by atoms with E-state index in [1.807, 2.05) is 0 Å². The SMILES string of the molecule is CCCCNP1CCCC1c1ccccc1. The van der Waals surface area contributed by atoms with Crippen molar-refractivity contribution in [2.45, 2.75) is 38.3 Å². The zero-order chi connectivity index (χ0) is 11.2. The lowest BCUT2D eigenvalue weighted by atomic mass is 10.1. The Morgan fingerprint density at radius 2 is 2.12 bits per heavy atom. The average Bonchev–Trinajstić information content (AvgIpc) is 2.79. The summed E-state index contributed by atoms with van der Waals surface area (Å²) >= 11 is 0. The van der Waals surface area contributed by atoms with Gasteiger partial charge < -0.3 is 0 Å². The van der Waals surface area contributed by atoms with E-state index in [1.54, 1.807) is 5.56 Å². The summed E-state index contributed by atoms with van der Waals surface area (Å²) in [4.78, 5) is 0. The van der Waals surface area contributed by atoms with E-state index in [2.05, 4.69) is 42.3 Å². The maximum Gasteiger partial charge on any atom is 0.0172 e. The fourth-order valence-electron chi connectivity index (χ4n) is 2.38. The second kappa shape index (κ2) is 6.37. The molecule has 1 N–H and O–H groups in total. The molecule has 1 heterocycles. The highest BCUT2D eigenvalue weighted by Crippen LogP contribution is 2.56. The number of hydrogen-bond acceptors (Lipinski definition) is 1. The molecule has 1 nitrogen and oxygen atoms in total. The van der Waals surface area contributed by atoms with Gasteiger partial charge in [0.05, 0.1) is 0 Å². The van der Waals surface area contributed by atoms with Crippen LogP contribution >= 0.6 is 8.07 Å². The summed E-state index contributed by atoms with van der Waals surface area (Å²) in [5, 5.41) is 3.80. The van der Waals surface area contributed by atoms with Crippen LogP contribution in [0.4, 0.5) is 0 Å². The second-order valence-electron chi connectivity index (χ2n) is 4.52. The summed E-state index contributed by atoms with van der Waals surface area (Å²) < 4.78 is 0. The van der Waals surface area contributed by atoms with Crippen LogP contribution in [0.5, 0.6) is 0 Å². The molecule has 1 saturated heterocycles. The zero-order valence-electron chi connectivity index (χ0n) is 10.2. The van der Waals surface area contributed by atoms with E-state index < -0.39 is 0 Å². The lowest BCUT2D eigenvalue weighted by Gasteiger charge is -2.21. The molecule has 16 heavy (non-hydrogen) atoms. The second-order valence-corrected chi connectivity index (χ2v) is 6.85. The first-order chi connectivity index (χ1) is 7.92. The predicted octanol–water partition coefficient (Wildman–Crippen LogP) is 4.31. The molecule has 0 saturated carbocycles. The third kappa shape index (κ3) is 3.06. The van der Waals surface area contributed by atoms with Gasteiger partial charge in [-0.2, -0.15) is 0 Å². The molecule has 1 aromatic carbocycles. The van der Waals surface area contributed by atoms with Crippen LogP contribution in [0.25, 0.3) is 0 Å². The van der Waals surface area contributed by atoms with Crippen molar-refractivity contribution in [3.8, 4) is 0 Å². The molecule has 2 atom stereocenters. The molecular formula is C14H22NP. The van der Waals surface area contributed by atoms with E-state index in [1.165, 1.54) is 38.4 Å². The van der Waals surface area contributed by atoms with Crippen LogP contribution < -0.4 is 5.09 Å². The first kappa shape index (κ1) is 12.1. The number of benzene rings is 1. The van der Waals surface area contributed by atoms with Gasteiger partial charge in [0.25, 0.3) is 0 Å². The summed E-state index contributed by atoms with van der Waals surface area (Å²) in [5.74, 6) is 0. The third-order valence-corrected chi connectivity index (χ3v) is 6.02. The Balaban J connectivity index is 1.93. The molecule has 0 radical (unpaired) electrons. The lowest BCUT2D eigenvalue weighted by Crippen LogP contribution is -2.11. The Kier molecular flexibility index (Phi) is 4.81.